The number of aliphatic imine (C=N–C) groups is 2. The SMILES string of the molecule is CC1=NNC2=NC(=S)N=C(N)C12. The summed E-state index contributed by atoms with van der Waals surface area (Å²) < 4.78 is 0. The van der Waals surface area contributed by atoms with Gasteiger partial charge in [-0.05, 0) is 19.1 Å². The maximum atomic E-state index is 5.66. The van der Waals surface area contributed by atoms with Crippen LogP contribution in [0.5, 0.6) is 0 Å². The second-order valence-corrected chi connectivity index (χ2v) is 2.98. The molecule has 0 aromatic heterocycles. The van der Waals surface area contributed by atoms with E-state index in [1.807, 2.05) is 6.92 Å². The van der Waals surface area contributed by atoms with Gasteiger partial charge in [0.1, 0.15) is 17.6 Å². The highest BCUT2D eigenvalue weighted by Crippen LogP contribution is 2.13. The third kappa shape index (κ3) is 0.918. The van der Waals surface area contributed by atoms with E-state index in [9.17, 15) is 0 Å². The van der Waals surface area contributed by atoms with Crippen LogP contribution in [0.1, 0.15) is 6.92 Å². The van der Waals surface area contributed by atoms with E-state index < -0.39 is 0 Å². The first-order chi connectivity index (χ1) is 5.68. The lowest BCUT2D eigenvalue weighted by atomic mass is 10.0. The van der Waals surface area contributed by atoms with Crippen molar-refractivity contribution in [2.24, 2.45) is 26.7 Å². The molecule has 5 nitrogen and oxygen atoms in total. The molecule has 1 atom stereocenters. The fourth-order valence-corrected chi connectivity index (χ4v) is 1.42. The molecule has 2 heterocycles. The lowest BCUT2D eigenvalue weighted by Crippen LogP contribution is -2.38. The summed E-state index contributed by atoms with van der Waals surface area (Å²) in [5, 5.41) is 4.24. The van der Waals surface area contributed by atoms with Gasteiger partial charge in [0.15, 0.2) is 0 Å². The van der Waals surface area contributed by atoms with Gasteiger partial charge in [-0.15, -0.1) is 0 Å². The molecule has 6 heteroatoms. The summed E-state index contributed by atoms with van der Waals surface area (Å²) in [5.41, 5.74) is 9.29. The first-order valence-electron chi connectivity index (χ1n) is 3.45. The number of nitrogens with zero attached hydrogens (tertiary/aromatic N) is 3. The fourth-order valence-electron chi connectivity index (χ4n) is 1.22. The summed E-state index contributed by atoms with van der Waals surface area (Å²) in [6, 6.07) is 0. The molecule has 0 amide bonds. The van der Waals surface area contributed by atoms with Crippen molar-refractivity contribution < 1.29 is 0 Å². The third-order valence-electron chi connectivity index (χ3n) is 1.77. The molecule has 0 bridgehead atoms. The molecule has 1 unspecified atom stereocenters. The predicted octanol–water partition coefficient (Wildman–Crippen LogP) is -0.364. The van der Waals surface area contributed by atoms with Gasteiger partial charge >= 0.3 is 0 Å². The van der Waals surface area contributed by atoms with Crippen LogP contribution in [0.25, 0.3) is 0 Å². The second-order valence-electron chi connectivity index (χ2n) is 2.61. The van der Waals surface area contributed by atoms with Crippen LogP contribution < -0.4 is 11.2 Å². The molecule has 2 aliphatic rings. The van der Waals surface area contributed by atoms with E-state index in [-0.39, 0.29) is 11.0 Å². The number of thiocarbonyl (C=S) groups is 1. The molecule has 62 valence electrons. The van der Waals surface area contributed by atoms with Crippen molar-refractivity contribution in [1.82, 2.24) is 5.43 Å². The number of nitrogens with one attached hydrogen (secondary N) is 1. The first-order valence-corrected chi connectivity index (χ1v) is 3.86. The third-order valence-corrected chi connectivity index (χ3v) is 1.96. The summed E-state index contributed by atoms with van der Waals surface area (Å²) in [6.45, 7) is 1.87. The van der Waals surface area contributed by atoms with Crippen LogP contribution in [0.2, 0.25) is 0 Å². The first kappa shape index (κ1) is 7.35. The summed E-state index contributed by atoms with van der Waals surface area (Å²) in [4.78, 5) is 7.89. The second kappa shape index (κ2) is 2.34. The summed E-state index contributed by atoms with van der Waals surface area (Å²) >= 11 is 4.80. The monoisotopic (exact) mass is 181 g/mol. The minimum absolute atomic E-state index is 0.0864. The van der Waals surface area contributed by atoms with Crippen LogP contribution in [0.4, 0.5) is 0 Å². The number of hydrogen-bond donors (Lipinski definition) is 2. The van der Waals surface area contributed by atoms with E-state index in [2.05, 4.69) is 20.5 Å². The zero-order chi connectivity index (χ0) is 8.72. The van der Waals surface area contributed by atoms with E-state index in [0.717, 1.165) is 5.71 Å². The largest absolute Gasteiger partial charge is 0.386 e. The van der Waals surface area contributed by atoms with Gasteiger partial charge < -0.3 is 5.73 Å². The molecule has 0 saturated carbocycles. The van der Waals surface area contributed by atoms with Gasteiger partial charge in [-0.2, -0.15) is 5.10 Å². The molecule has 0 radical (unpaired) electrons. The van der Waals surface area contributed by atoms with Crippen LogP contribution in [0.15, 0.2) is 15.1 Å². The van der Waals surface area contributed by atoms with Gasteiger partial charge in [0, 0.05) is 0 Å². The Balaban J connectivity index is 2.43. The number of hydrogen-bond acceptors (Lipinski definition) is 4. The van der Waals surface area contributed by atoms with E-state index in [0.29, 0.717) is 11.7 Å². The molecule has 0 fully saturated rings. The lowest BCUT2D eigenvalue weighted by Gasteiger charge is -2.13. The Labute approximate surface area is 74.5 Å². The van der Waals surface area contributed by atoms with Crippen molar-refractivity contribution in [2.75, 3.05) is 0 Å². The van der Waals surface area contributed by atoms with Crippen molar-refractivity contribution in [1.29, 1.82) is 0 Å². The van der Waals surface area contributed by atoms with Gasteiger partial charge in [0.2, 0.25) is 5.11 Å². The van der Waals surface area contributed by atoms with Crippen LogP contribution in [-0.2, 0) is 0 Å². The number of amidine groups is 2. The van der Waals surface area contributed by atoms with Gasteiger partial charge in [0.05, 0.1) is 5.71 Å². The highest BCUT2D eigenvalue weighted by molar-refractivity contribution is 7.80. The summed E-state index contributed by atoms with van der Waals surface area (Å²) in [7, 11) is 0. The minimum atomic E-state index is -0.0864. The average Bonchev–Trinajstić information content (AvgIpc) is 2.31. The zero-order valence-corrected chi connectivity index (χ0v) is 7.22. The van der Waals surface area contributed by atoms with Crippen LogP contribution in [0.3, 0.4) is 0 Å². The van der Waals surface area contributed by atoms with Crippen molar-refractivity contribution >= 4 is 34.7 Å². The maximum Gasteiger partial charge on any atom is 0.222 e. The Hall–Kier alpha value is -1.30. The van der Waals surface area contributed by atoms with Crippen molar-refractivity contribution in [3.05, 3.63) is 0 Å². The predicted molar refractivity (Wildman–Crippen MR) is 51.4 cm³/mol. The molecular formula is C6H7N5S. The molecular weight excluding hydrogens is 174 g/mol. The molecule has 0 spiro atoms. The normalized spacial score (nSPS) is 26.9. The Morgan fingerprint density at radius 1 is 1.50 bits per heavy atom. The average molecular weight is 181 g/mol. The summed E-state index contributed by atoms with van der Waals surface area (Å²) in [6.07, 6.45) is 0. The fraction of sp³-hybridized carbons (Fsp3) is 0.333. The number of hydrazone groups is 1. The standard InChI is InChI=1S/C6H7N5S/c1-2-3-4(7)8-6(12)9-5(3)11-10-2/h3H,1H3,(H3,7,8,9,11,12). The number of rotatable bonds is 0. The van der Waals surface area contributed by atoms with E-state index in [1.165, 1.54) is 0 Å². The zero-order valence-electron chi connectivity index (χ0n) is 6.40. The van der Waals surface area contributed by atoms with Crippen molar-refractivity contribution in [2.45, 2.75) is 6.92 Å². The van der Waals surface area contributed by atoms with E-state index in [4.69, 9.17) is 18.0 Å². The van der Waals surface area contributed by atoms with Gasteiger partial charge in [0.25, 0.3) is 0 Å². The minimum Gasteiger partial charge on any atom is -0.386 e. The van der Waals surface area contributed by atoms with Crippen molar-refractivity contribution in [3.8, 4) is 0 Å². The van der Waals surface area contributed by atoms with Crippen LogP contribution in [0, 0.1) is 5.92 Å². The number of nitrogens with two attached hydrogens (primary N) is 1. The smallest absolute Gasteiger partial charge is 0.222 e. The maximum absolute atomic E-state index is 5.66. The molecule has 0 saturated heterocycles. The Morgan fingerprint density at radius 2 is 2.25 bits per heavy atom. The van der Waals surface area contributed by atoms with E-state index in [1.54, 1.807) is 0 Å². The van der Waals surface area contributed by atoms with E-state index >= 15 is 0 Å². The molecule has 0 aromatic rings. The van der Waals surface area contributed by atoms with Gasteiger partial charge in [-0.3, -0.25) is 5.43 Å². The Kier molecular flexibility index (Phi) is 1.44. The van der Waals surface area contributed by atoms with Crippen LogP contribution >= 0.6 is 12.2 Å². The topological polar surface area (TPSA) is 75.1 Å². The molecule has 2 rings (SSSR count). The van der Waals surface area contributed by atoms with Gasteiger partial charge in [-0.1, -0.05) is 0 Å². The van der Waals surface area contributed by atoms with Crippen LogP contribution in [-0.4, -0.2) is 22.5 Å². The number of fused-ring (bicyclic) bond motifs is 1. The molecule has 0 aliphatic carbocycles. The molecule has 12 heavy (non-hydrogen) atoms. The Bertz CT molecular complexity index is 340. The van der Waals surface area contributed by atoms with Crippen molar-refractivity contribution in [3.63, 3.8) is 0 Å². The molecule has 3 N–H and O–H groups in total. The Morgan fingerprint density at radius 3 is 3.00 bits per heavy atom. The highest BCUT2D eigenvalue weighted by Gasteiger charge is 2.31. The lowest BCUT2D eigenvalue weighted by molar-refractivity contribution is 1.04. The van der Waals surface area contributed by atoms with Gasteiger partial charge in [-0.25, -0.2) is 9.98 Å². The molecule has 2 aliphatic heterocycles. The highest BCUT2D eigenvalue weighted by atomic mass is 32.1. The quantitative estimate of drug-likeness (QED) is 0.501. The molecule has 0 aromatic carbocycles. The summed E-state index contributed by atoms with van der Waals surface area (Å²) in [5.74, 6) is 1.07.